The molecule has 1 saturated carbocycles. The number of amides is 1. The molecule has 0 saturated heterocycles. The summed E-state index contributed by atoms with van der Waals surface area (Å²) in [5.41, 5.74) is 3.87. The first-order valence-corrected chi connectivity index (χ1v) is 12.8. The monoisotopic (exact) mass is 448 g/mol. The summed E-state index contributed by atoms with van der Waals surface area (Å²) in [4.78, 5) is 13.1. The van der Waals surface area contributed by atoms with Gasteiger partial charge in [0.15, 0.2) is 0 Å². The minimum atomic E-state index is -3.57. The maximum absolute atomic E-state index is 13.0. The molecule has 166 valence electrons. The number of rotatable bonds is 5. The molecule has 0 aromatic heterocycles. The Bertz CT molecular complexity index is 1270. The summed E-state index contributed by atoms with van der Waals surface area (Å²) in [7, 11) is -1.90. The summed E-state index contributed by atoms with van der Waals surface area (Å²) in [6.45, 7) is 0. The van der Waals surface area contributed by atoms with Crippen LogP contribution in [0.2, 0.25) is 0 Å². The van der Waals surface area contributed by atoms with E-state index in [-0.39, 0.29) is 16.8 Å². The molecule has 0 bridgehead atoms. The Hall–Kier alpha value is -2.70. The second-order valence-electron chi connectivity index (χ2n) is 8.90. The van der Waals surface area contributed by atoms with Crippen molar-refractivity contribution in [2.75, 3.05) is 12.4 Å². The zero-order chi connectivity index (χ0) is 22.3. The molecule has 0 aliphatic heterocycles. The number of sulfonamides is 1. The molecule has 0 radical (unpaired) electrons. The molecule has 1 N–H and O–H groups in total. The van der Waals surface area contributed by atoms with Crippen molar-refractivity contribution in [3.63, 3.8) is 0 Å². The summed E-state index contributed by atoms with van der Waals surface area (Å²) in [6, 6.07) is 16.6. The second-order valence-corrected chi connectivity index (χ2v) is 10.9. The van der Waals surface area contributed by atoms with Gasteiger partial charge in [-0.15, -0.1) is 0 Å². The largest absolute Gasteiger partial charge is 0.321 e. The van der Waals surface area contributed by atoms with Crippen LogP contribution in [0.1, 0.15) is 53.6 Å². The molecule has 32 heavy (non-hydrogen) atoms. The Labute approximate surface area is 189 Å². The van der Waals surface area contributed by atoms with Gasteiger partial charge in [-0.2, -0.15) is 4.31 Å². The van der Waals surface area contributed by atoms with Gasteiger partial charge >= 0.3 is 0 Å². The predicted octanol–water partition coefficient (Wildman–Crippen LogP) is 5.14. The minimum Gasteiger partial charge on any atom is -0.321 e. The van der Waals surface area contributed by atoms with Crippen LogP contribution in [-0.4, -0.2) is 31.7 Å². The zero-order valence-corrected chi connectivity index (χ0v) is 19.1. The molecule has 0 unspecified atom stereocenters. The molecule has 2 aliphatic carbocycles. The first kappa shape index (κ1) is 21.2. The summed E-state index contributed by atoms with van der Waals surface area (Å²) in [5.74, 6) is -0.242. The standard InChI is InChI=1S/C26H28N2O3S/c1-28(21-7-3-2-4-8-21)32(30,31)22-15-12-20(13-16-22)26(29)27-24-17-14-19-11-10-18-6-5-9-23(24)25(18)19/h5-6,9,12-17,21H,2-4,7-8,10-11H2,1H3,(H,27,29). The predicted molar refractivity (Wildman–Crippen MR) is 128 cm³/mol. The van der Waals surface area contributed by atoms with E-state index in [1.54, 1.807) is 19.2 Å². The SMILES string of the molecule is CN(C1CCCCC1)S(=O)(=O)c1ccc(C(=O)Nc2ccc3c4c(cccc24)CC3)cc1. The first-order valence-electron chi connectivity index (χ1n) is 11.4. The van der Waals surface area contributed by atoms with E-state index in [4.69, 9.17) is 0 Å². The van der Waals surface area contributed by atoms with Gasteiger partial charge in [-0.05, 0) is 72.5 Å². The van der Waals surface area contributed by atoms with Crippen molar-refractivity contribution in [1.82, 2.24) is 4.31 Å². The quantitative estimate of drug-likeness (QED) is 0.587. The summed E-state index contributed by atoms with van der Waals surface area (Å²) >= 11 is 0. The molecule has 1 fully saturated rings. The number of nitrogens with one attached hydrogen (secondary N) is 1. The Morgan fingerprint density at radius 2 is 1.59 bits per heavy atom. The van der Waals surface area contributed by atoms with E-state index in [9.17, 15) is 13.2 Å². The highest BCUT2D eigenvalue weighted by molar-refractivity contribution is 7.89. The van der Waals surface area contributed by atoms with Gasteiger partial charge in [0.25, 0.3) is 5.91 Å². The van der Waals surface area contributed by atoms with Crippen molar-refractivity contribution >= 4 is 32.4 Å². The van der Waals surface area contributed by atoms with Gasteiger partial charge in [0.05, 0.1) is 4.90 Å². The lowest BCUT2D eigenvalue weighted by Crippen LogP contribution is -2.38. The number of benzene rings is 3. The molecule has 0 spiro atoms. The lowest BCUT2D eigenvalue weighted by atomic mass is 9.96. The van der Waals surface area contributed by atoms with E-state index >= 15 is 0 Å². The van der Waals surface area contributed by atoms with Gasteiger partial charge in [-0.1, -0.05) is 43.5 Å². The average Bonchev–Trinajstić information content (AvgIpc) is 3.25. The Balaban J connectivity index is 1.36. The van der Waals surface area contributed by atoms with Gasteiger partial charge < -0.3 is 5.32 Å². The van der Waals surface area contributed by atoms with E-state index < -0.39 is 10.0 Å². The molecule has 5 rings (SSSR count). The third kappa shape index (κ3) is 3.71. The van der Waals surface area contributed by atoms with Crippen molar-refractivity contribution in [3.8, 4) is 0 Å². The summed E-state index contributed by atoms with van der Waals surface area (Å²) < 4.78 is 27.6. The van der Waals surface area contributed by atoms with Crippen LogP contribution < -0.4 is 5.32 Å². The Morgan fingerprint density at radius 3 is 2.31 bits per heavy atom. The normalized spacial score (nSPS) is 16.6. The fourth-order valence-electron chi connectivity index (χ4n) is 5.14. The van der Waals surface area contributed by atoms with Gasteiger partial charge in [-0.3, -0.25) is 4.79 Å². The lowest BCUT2D eigenvalue weighted by molar-refractivity contribution is 0.102. The lowest BCUT2D eigenvalue weighted by Gasteiger charge is -2.30. The van der Waals surface area contributed by atoms with Crippen LogP contribution in [0.4, 0.5) is 5.69 Å². The van der Waals surface area contributed by atoms with E-state index in [0.29, 0.717) is 5.56 Å². The molecule has 1 amide bonds. The summed E-state index contributed by atoms with van der Waals surface area (Å²) in [5, 5.41) is 5.32. The molecule has 0 heterocycles. The molecule has 6 heteroatoms. The molecular formula is C26H28N2O3S. The highest BCUT2D eigenvalue weighted by atomic mass is 32.2. The number of hydrogen-bond donors (Lipinski definition) is 1. The topological polar surface area (TPSA) is 66.5 Å². The second kappa shape index (κ2) is 8.34. The van der Waals surface area contributed by atoms with Crippen molar-refractivity contribution < 1.29 is 13.2 Å². The van der Waals surface area contributed by atoms with E-state index in [2.05, 4.69) is 17.4 Å². The highest BCUT2D eigenvalue weighted by Gasteiger charge is 2.29. The van der Waals surface area contributed by atoms with Crippen LogP contribution in [-0.2, 0) is 22.9 Å². The smallest absolute Gasteiger partial charge is 0.255 e. The number of anilines is 1. The molecule has 3 aromatic carbocycles. The maximum Gasteiger partial charge on any atom is 0.255 e. The van der Waals surface area contributed by atoms with Gasteiger partial charge in [0, 0.05) is 29.7 Å². The van der Waals surface area contributed by atoms with Gasteiger partial charge in [0.1, 0.15) is 0 Å². The molecular weight excluding hydrogens is 420 g/mol. The van der Waals surface area contributed by atoms with E-state index in [0.717, 1.165) is 49.6 Å². The van der Waals surface area contributed by atoms with Crippen molar-refractivity contribution in [2.45, 2.75) is 55.9 Å². The maximum atomic E-state index is 13.0. The van der Waals surface area contributed by atoms with Gasteiger partial charge in [0.2, 0.25) is 10.0 Å². The first-order chi connectivity index (χ1) is 15.4. The zero-order valence-electron chi connectivity index (χ0n) is 18.3. The van der Waals surface area contributed by atoms with Crippen molar-refractivity contribution in [2.24, 2.45) is 0 Å². The number of carbonyl (C=O) groups excluding carboxylic acids is 1. The molecule has 3 aromatic rings. The average molecular weight is 449 g/mol. The van der Waals surface area contributed by atoms with Crippen LogP contribution in [0.5, 0.6) is 0 Å². The van der Waals surface area contributed by atoms with E-state index in [1.165, 1.54) is 39.4 Å². The highest BCUT2D eigenvalue weighted by Crippen LogP contribution is 2.35. The van der Waals surface area contributed by atoms with Crippen LogP contribution in [0.15, 0.2) is 59.5 Å². The number of aryl methyl sites for hydroxylation is 2. The van der Waals surface area contributed by atoms with Crippen LogP contribution in [0, 0.1) is 0 Å². The van der Waals surface area contributed by atoms with Crippen molar-refractivity contribution in [3.05, 3.63) is 71.3 Å². The Kier molecular flexibility index (Phi) is 5.51. The van der Waals surface area contributed by atoms with Crippen molar-refractivity contribution in [1.29, 1.82) is 0 Å². The van der Waals surface area contributed by atoms with Gasteiger partial charge in [-0.25, -0.2) is 8.42 Å². The number of carbonyl (C=O) groups is 1. The molecule has 0 atom stereocenters. The third-order valence-electron chi connectivity index (χ3n) is 7.01. The van der Waals surface area contributed by atoms with E-state index in [1.807, 2.05) is 18.2 Å². The Morgan fingerprint density at radius 1 is 0.906 bits per heavy atom. The molecule has 5 nitrogen and oxygen atoms in total. The summed E-state index contributed by atoms with van der Waals surface area (Å²) in [6.07, 6.45) is 7.20. The minimum absolute atomic E-state index is 0.0560. The fourth-order valence-corrected chi connectivity index (χ4v) is 6.55. The van der Waals surface area contributed by atoms with Crippen LogP contribution in [0.25, 0.3) is 10.8 Å². The number of hydrogen-bond acceptors (Lipinski definition) is 3. The third-order valence-corrected chi connectivity index (χ3v) is 8.93. The number of nitrogens with zero attached hydrogens (tertiary/aromatic N) is 1. The van der Waals surface area contributed by atoms with Crippen LogP contribution >= 0.6 is 0 Å². The fraction of sp³-hybridized carbons (Fsp3) is 0.346. The molecule has 2 aliphatic rings. The van der Waals surface area contributed by atoms with Crippen LogP contribution in [0.3, 0.4) is 0 Å².